The number of hydrogen-bond donors (Lipinski definition) is 1. The Morgan fingerprint density at radius 1 is 0.794 bits per heavy atom. The summed E-state index contributed by atoms with van der Waals surface area (Å²) in [7, 11) is 0. The average Bonchev–Trinajstić information content (AvgIpc) is 2.91. The first-order valence-corrected chi connectivity index (χ1v) is 12.2. The number of nitrogens with one attached hydrogen (secondary N) is 1. The van der Waals surface area contributed by atoms with Crippen LogP contribution in [0, 0.1) is 0 Å². The van der Waals surface area contributed by atoms with E-state index in [2.05, 4.69) is 96.3 Å². The number of benzene rings is 4. The van der Waals surface area contributed by atoms with E-state index >= 15 is 0 Å². The van der Waals surface area contributed by atoms with Crippen molar-refractivity contribution in [2.45, 2.75) is 25.8 Å². The fourth-order valence-electron chi connectivity index (χ4n) is 5.10. The maximum atomic E-state index is 6.02. The molecular weight excluding hydrogens is 416 g/mol. The number of rotatable bonds is 6. The molecule has 1 aliphatic rings. The van der Waals surface area contributed by atoms with Crippen LogP contribution in [-0.4, -0.2) is 18.1 Å². The van der Waals surface area contributed by atoms with Crippen LogP contribution in [-0.2, 0) is 19.4 Å². The van der Waals surface area contributed by atoms with Gasteiger partial charge in [-0.1, -0.05) is 60.7 Å². The van der Waals surface area contributed by atoms with Gasteiger partial charge in [-0.3, -0.25) is 0 Å². The summed E-state index contributed by atoms with van der Waals surface area (Å²) in [6.07, 6.45) is 3.07. The molecule has 5 aromatic rings. The highest BCUT2D eigenvalue weighted by Gasteiger charge is 2.20. The van der Waals surface area contributed by atoms with Crippen LogP contribution >= 0.6 is 0 Å². The molecule has 1 N–H and O–H groups in total. The molecule has 1 aliphatic heterocycles. The Balaban J connectivity index is 1.27. The third kappa shape index (κ3) is 4.04. The quantitative estimate of drug-likeness (QED) is 0.233. The van der Waals surface area contributed by atoms with Crippen LogP contribution in [0.4, 0.5) is 0 Å². The van der Waals surface area contributed by atoms with E-state index in [9.17, 15) is 0 Å². The highest BCUT2D eigenvalue weighted by molar-refractivity contribution is 6.09. The van der Waals surface area contributed by atoms with E-state index in [4.69, 9.17) is 9.72 Å². The number of ether oxygens (including phenoxy) is 1. The van der Waals surface area contributed by atoms with Gasteiger partial charge in [-0.2, -0.15) is 0 Å². The molecule has 0 atom stereocenters. The summed E-state index contributed by atoms with van der Waals surface area (Å²) in [5.41, 5.74) is 7.43. The molecule has 0 bridgehead atoms. The maximum Gasteiger partial charge on any atom is 0.119 e. The van der Waals surface area contributed by atoms with E-state index in [1.165, 1.54) is 32.8 Å². The SMILES string of the molecule is c1ccc(CCCOc2ccc(-c3nc4ccc5ccccc5c4c4c3CNCC4)cc2)cc1. The van der Waals surface area contributed by atoms with Gasteiger partial charge in [-0.05, 0) is 83.6 Å². The summed E-state index contributed by atoms with van der Waals surface area (Å²) in [6, 6.07) is 32.0. The fourth-order valence-corrected chi connectivity index (χ4v) is 5.10. The molecule has 0 spiro atoms. The number of hydrogen-bond acceptors (Lipinski definition) is 3. The van der Waals surface area contributed by atoms with Crippen molar-refractivity contribution in [1.29, 1.82) is 0 Å². The van der Waals surface area contributed by atoms with E-state index in [1.54, 1.807) is 0 Å². The second-order valence-electron chi connectivity index (χ2n) is 8.99. The smallest absolute Gasteiger partial charge is 0.119 e. The van der Waals surface area contributed by atoms with E-state index in [-0.39, 0.29) is 0 Å². The zero-order chi connectivity index (χ0) is 22.7. The lowest BCUT2D eigenvalue weighted by atomic mass is 9.90. The van der Waals surface area contributed by atoms with Crippen LogP contribution in [0.3, 0.4) is 0 Å². The maximum absolute atomic E-state index is 6.02. The second kappa shape index (κ2) is 9.28. The molecule has 3 heteroatoms. The molecular formula is C31H28N2O. The summed E-state index contributed by atoms with van der Waals surface area (Å²) in [5, 5.41) is 7.45. The molecule has 0 fully saturated rings. The Hall–Kier alpha value is -3.69. The fraction of sp³-hybridized carbons (Fsp3) is 0.194. The molecule has 168 valence electrons. The van der Waals surface area contributed by atoms with E-state index < -0.39 is 0 Å². The van der Waals surface area contributed by atoms with Gasteiger partial charge >= 0.3 is 0 Å². The highest BCUT2D eigenvalue weighted by Crippen LogP contribution is 2.36. The van der Waals surface area contributed by atoms with E-state index in [0.717, 1.165) is 61.5 Å². The van der Waals surface area contributed by atoms with Gasteiger partial charge in [0.25, 0.3) is 0 Å². The first kappa shape index (κ1) is 20.9. The largest absolute Gasteiger partial charge is 0.494 e. The lowest BCUT2D eigenvalue weighted by Gasteiger charge is -2.23. The number of aromatic nitrogens is 1. The molecule has 0 unspecified atom stereocenters. The minimum atomic E-state index is 0.717. The van der Waals surface area contributed by atoms with Crippen LogP contribution < -0.4 is 10.1 Å². The summed E-state index contributed by atoms with van der Waals surface area (Å²) in [5.74, 6) is 0.913. The molecule has 0 radical (unpaired) electrons. The predicted molar refractivity (Wildman–Crippen MR) is 140 cm³/mol. The third-order valence-corrected chi connectivity index (χ3v) is 6.79. The van der Waals surface area contributed by atoms with Gasteiger partial charge in [0.2, 0.25) is 0 Å². The minimum Gasteiger partial charge on any atom is -0.494 e. The second-order valence-corrected chi connectivity index (χ2v) is 8.99. The van der Waals surface area contributed by atoms with Gasteiger partial charge in [0, 0.05) is 17.5 Å². The van der Waals surface area contributed by atoms with Crippen molar-refractivity contribution in [3.8, 4) is 17.0 Å². The van der Waals surface area contributed by atoms with Crippen molar-refractivity contribution in [3.63, 3.8) is 0 Å². The van der Waals surface area contributed by atoms with Gasteiger partial charge in [0.05, 0.1) is 17.8 Å². The molecule has 6 rings (SSSR count). The molecule has 2 heterocycles. The Bertz CT molecular complexity index is 1440. The van der Waals surface area contributed by atoms with Gasteiger partial charge < -0.3 is 10.1 Å². The zero-order valence-electron chi connectivity index (χ0n) is 19.3. The lowest BCUT2D eigenvalue weighted by Crippen LogP contribution is -2.25. The summed E-state index contributed by atoms with van der Waals surface area (Å²) in [6.45, 7) is 2.58. The minimum absolute atomic E-state index is 0.717. The van der Waals surface area contributed by atoms with Crippen LogP contribution in [0.25, 0.3) is 32.9 Å². The van der Waals surface area contributed by atoms with E-state index in [1.807, 2.05) is 0 Å². The summed E-state index contributed by atoms with van der Waals surface area (Å²) < 4.78 is 6.02. The van der Waals surface area contributed by atoms with Crippen molar-refractivity contribution in [2.75, 3.05) is 13.2 Å². The summed E-state index contributed by atoms with van der Waals surface area (Å²) >= 11 is 0. The molecule has 0 saturated carbocycles. The van der Waals surface area contributed by atoms with Crippen molar-refractivity contribution in [1.82, 2.24) is 10.3 Å². The van der Waals surface area contributed by atoms with Crippen molar-refractivity contribution in [3.05, 3.63) is 108 Å². The topological polar surface area (TPSA) is 34.1 Å². The molecule has 0 aliphatic carbocycles. The molecule has 1 aromatic heterocycles. The lowest BCUT2D eigenvalue weighted by molar-refractivity contribution is 0.311. The molecule has 0 amide bonds. The van der Waals surface area contributed by atoms with Crippen molar-refractivity contribution < 1.29 is 4.74 Å². The summed E-state index contributed by atoms with van der Waals surface area (Å²) in [4.78, 5) is 5.17. The molecule has 3 nitrogen and oxygen atoms in total. The molecule has 0 saturated heterocycles. The van der Waals surface area contributed by atoms with Crippen LogP contribution in [0.2, 0.25) is 0 Å². The van der Waals surface area contributed by atoms with Crippen molar-refractivity contribution >= 4 is 21.7 Å². The van der Waals surface area contributed by atoms with Crippen LogP contribution in [0.15, 0.2) is 91.0 Å². The Labute approximate surface area is 200 Å². The Morgan fingerprint density at radius 2 is 1.62 bits per heavy atom. The third-order valence-electron chi connectivity index (χ3n) is 6.79. The standard InChI is InChI=1S/C31H28N2O/c1-2-7-22(8-3-1)9-6-20-34-25-15-12-24(13-16-25)31-28-21-32-19-18-27(28)30-26-11-5-4-10-23(26)14-17-29(30)33-31/h1-5,7-8,10-17,32H,6,9,18-21H2. The van der Waals surface area contributed by atoms with Crippen LogP contribution in [0.5, 0.6) is 5.75 Å². The van der Waals surface area contributed by atoms with Crippen molar-refractivity contribution in [2.24, 2.45) is 0 Å². The number of fused-ring (bicyclic) bond motifs is 5. The number of aryl methyl sites for hydroxylation is 1. The average molecular weight is 445 g/mol. The normalized spacial score (nSPS) is 13.2. The monoisotopic (exact) mass is 444 g/mol. The first-order chi connectivity index (χ1) is 16.9. The Kier molecular flexibility index (Phi) is 5.70. The predicted octanol–water partition coefficient (Wildman–Crippen LogP) is 6.71. The van der Waals surface area contributed by atoms with E-state index in [0.29, 0.717) is 0 Å². The molecule has 4 aromatic carbocycles. The zero-order valence-corrected chi connectivity index (χ0v) is 19.3. The molecule has 34 heavy (non-hydrogen) atoms. The van der Waals surface area contributed by atoms with Crippen LogP contribution in [0.1, 0.15) is 23.1 Å². The number of nitrogens with zero attached hydrogens (tertiary/aromatic N) is 1. The van der Waals surface area contributed by atoms with Gasteiger partial charge in [0.1, 0.15) is 5.75 Å². The number of pyridine rings is 1. The van der Waals surface area contributed by atoms with Gasteiger partial charge in [-0.15, -0.1) is 0 Å². The van der Waals surface area contributed by atoms with Gasteiger partial charge in [-0.25, -0.2) is 4.98 Å². The highest BCUT2D eigenvalue weighted by atomic mass is 16.5. The Morgan fingerprint density at radius 3 is 2.50 bits per heavy atom. The van der Waals surface area contributed by atoms with Gasteiger partial charge in [0.15, 0.2) is 0 Å². The first-order valence-electron chi connectivity index (χ1n) is 12.2.